The van der Waals surface area contributed by atoms with Crippen LogP contribution in [0, 0.1) is 23.7 Å². The van der Waals surface area contributed by atoms with Gasteiger partial charge in [0.05, 0.1) is 0 Å². The summed E-state index contributed by atoms with van der Waals surface area (Å²) in [7, 11) is 1.66. The molecule has 0 fully saturated rings. The lowest BCUT2D eigenvalue weighted by molar-refractivity contribution is 0.185. The van der Waals surface area contributed by atoms with Crippen molar-refractivity contribution in [2.75, 3.05) is 0 Å². The van der Waals surface area contributed by atoms with Gasteiger partial charge in [-0.15, -0.1) is 0 Å². The van der Waals surface area contributed by atoms with E-state index in [1.165, 1.54) is 22.8 Å². The summed E-state index contributed by atoms with van der Waals surface area (Å²) < 4.78 is 69.1. The smallest absolute Gasteiger partial charge is 0.193 e. The Labute approximate surface area is 200 Å². The van der Waals surface area contributed by atoms with E-state index in [4.69, 9.17) is 0 Å². The standard InChI is InChI=1S/C28H27F5S/c1-15-4-6-19(7-5-15)23(17(3)20-12-13-34-14-20)21-10-8-18(16(21)2)9-11-22-24(29)26(31)28(33)27(32)25(22)30/h4-6,8-14,16-17,19,23-24,26H,7H2,1-3H3/b11-9+/t16-,17?,19-,23?,24?,26?/m1/s1. The average Bonchev–Trinajstić information content (AvgIpc) is 3.49. The van der Waals surface area contributed by atoms with E-state index >= 15 is 0 Å². The third kappa shape index (κ3) is 4.57. The summed E-state index contributed by atoms with van der Waals surface area (Å²) in [6.45, 7) is 6.32. The number of hydrogen-bond donors (Lipinski definition) is 0. The Morgan fingerprint density at radius 2 is 1.79 bits per heavy atom. The largest absolute Gasteiger partial charge is 0.238 e. The zero-order valence-corrected chi connectivity index (χ0v) is 20.1. The maximum absolute atomic E-state index is 14.2. The minimum Gasteiger partial charge on any atom is -0.238 e. The Morgan fingerprint density at radius 3 is 2.44 bits per heavy atom. The van der Waals surface area contributed by atoms with Gasteiger partial charge in [-0.3, -0.25) is 0 Å². The van der Waals surface area contributed by atoms with Crippen molar-refractivity contribution in [1.82, 2.24) is 0 Å². The molecule has 6 atom stereocenters. The lowest BCUT2D eigenvalue weighted by atomic mass is 9.69. The van der Waals surface area contributed by atoms with Crippen molar-refractivity contribution in [3.8, 4) is 0 Å². The van der Waals surface area contributed by atoms with Crippen LogP contribution < -0.4 is 0 Å². The molecule has 4 rings (SSSR count). The molecule has 0 amide bonds. The van der Waals surface area contributed by atoms with Gasteiger partial charge in [-0.25, -0.2) is 22.0 Å². The fraction of sp³-hybridized carbons (Fsp3) is 0.357. The highest BCUT2D eigenvalue weighted by molar-refractivity contribution is 7.96. The molecule has 0 radical (unpaired) electrons. The van der Waals surface area contributed by atoms with Crippen LogP contribution in [0.1, 0.15) is 27.2 Å². The molecule has 0 aromatic heterocycles. The highest BCUT2D eigenvalue weighted by atomic mass is 32.1. The minimum atomic E-state index is -2.84. The van der Waals surface area contributed by atoms with E-state index in [0.717, 1.165) is 18.1 Å². The second-order valence-electron chi connectivity index (χ2n) is 9.20. The summed E-state index contributed by atoms with van der Waals surface area (Å²) in [5.74, 6) is -4.98. The van der Waals surface area contributed by atoms with Crippen molar-refractivity contribution in [2.45, 2.75) is 39.5 Å². The number of alkyl halides is 2. The van der Waals surface area contributed by atoms with Crippen LogP contribution in [0.25, 0.3) is 0 Å². The molecule has 0 saturated heterocycles. The molecule has 0 bridgehead atoms. The summed E-state index contributed by atoms with van der Waals surface area (Å²) in [5, 5.41) is 4.23. The molecule has 1 aliphatic heterocycles. The molecule has 0 nitrogen and oxygen atoms in total. The van der Waals surface area contributed by atoms with E-state index in [0.29, 0.717) is 5.92 Å². The van der Waals surface area contributed by atoms with Crippen LogP contribution in [0.3, 0.4) is 0 Å². The fourth-order valence-corrected chi connectivity index (χ4v) is 5.81. The van der Waals surface area contributed by atoms with Crippen LogP contribution >= 0.6 is 10.9 Å². The first-order chi connectivity index (χ1) is 16.2. The van der Waals surface area contributed by atoms with Gasteiger partial charge in [0.15, 0.2) is 29.8 Å². The molecule has 4 unspecified atom stereocenters. The average molecular weight is 491 g/mol. The zero-order chi connectivity index (χ0) is 24.6. The van der Waals surface area contributed by atoms with Crippen LogP contribution in [-0.2, 0) is 0 Å². The SMILES string of the molecule is CC1=CC[C@H](C(C2=CC=C(/C=C/C3=C(F)C(F)=C(F)C(F)C3F)[C@H]2C)C(C)C2=CC=S=C2)C=C1. The molecule has 0 saturated carbocycles. The molecule has 0 aromatic rings. The van der Waals surface area contributed by atoms with Gasteiger partial charge in [0, 0.05) is 11.5 Å². The molecule has 180 valence electrons. The monoisotopic (exact) mass is 490 g/mol. The van der Waals surface area contributed by atoms with Gasteiger partial charge in [0.2, 0.25) is 0 Å². The van der Waals surface area contributed by atoms with Crippen molar-refractivity contribution < 1.29 is 22.0 Å². The first kappa shape index (κ1) is 24.6. The van der Waals surface area contributed by atoms with Crippen LogP contribution in [0.5, 0.6) is 0 Å². The van der Waals surface area contributed by atoms with Gasteiger partial charge in [0.25, 0.3) is 0 Å². The van der Waals surface area contributed by atoms with E-state index in [1.807, 2.05) is 19.1 Å². The Kier molecular flexibility index (Phi) is 7.27. The molecule has 4 aliphatic rings. The summed E-state index contributed by atoms with van der Waals surface area (Å²) >= 11 is 0. The summed E-state index contributed by atoms with van der Waals surface area (Å²) in [5.41, 5.74) is 3.67. The number of allylic oxidation sites excluding steroid dienone is 16. The lowest BCUT2D eigenvalue weighted by Gasteiger charge is -2.35. The number of halogens is 5. The topological polar surface area (TPSA) is 0 Å². The molecule has 0 spiro atoms. The maximum atomic E-state index is 14.2. The van der Waals surface area contributed by atoms with Crippen LogP contribution in [0.15, 0.2) is 94.0 Å². The second-order valence-corrected chi connectivity index (χ2v) is 9.98. The molecule has 34 heavy (non-hydrogen) atoms. The van der Waals surface area contributed by atoms with E-state index in [-0.39, 0.29) is 17.8 Å². The number of hydrogen-bond acceptors (Lipinski definition) is 0. The summed E-state index contributed by atoms with van der Waals surface area (Å²) in [6, 6.07) is 0. The van der Waals surface area contributed by atoms with Gasteiger partial charge >= 0.3 is 0 Å². The molecular formula is C28H27F5S. The minimum absolute atomic E-state index is 0.0497. The first-order valence-corrected chi connectivity index (χ1v) is 12.3. The third-order valence-electron chi connectivity index (χ3n) is 7.15. The first-order valence-electron chi connectivity index (χ1n) is 11.4. The molecule has 1 heterocycles. The van der Waals surface area contributed by atoms with Gasteiger partial charge < -0.3 is 0 Å². The highest BCUT2D eigenvalue weighted by Crippen LogP contribution is 2.45. The molecular weight excluding hydrogens is 463 g/mol. The van der Waals surface area contributed by atoms with Crippen LogP contribution in [0.4, 0.5) is 22.0 Å². The molecule has 0 N–H and O–H groups in total. The second kappa shape index (κ2) is 10.0. The Balaban J connectivity index is 1.58. The molecule has 3 aliphatic carbocycles. The van der Waals surface area contributed by atoms with Crippen molar-refractivity contribution in [2.24, 2.45) is 23.7 Å². The van der Waals surface area contributed by atoms with Crippen LogP contribution in [-0.4, -0.2) is 23.1 Å². The predicted octanol–water partition coefficient (Wildman–Crippen LogP) is 8.16. The summed E-state index contributed by atoms with van der Waals surface area (Å²) in [6.07, 6.45) is 10.7. The van der Waals surface area contributed by atoms with Gasteiger partial charge in [-0.2, -0.15) is 10.9 Å². The Morgan fingerprint density at radius 1 is 1.03 bits per heavy atom. The van der Waals surface area contributed by atoms with E-state index in [2.05, 4.69) is 48.9 Å². The Hall–Kier alpha value is -2.47. The fourth-order valence-electron chi connectivity index (χ4n) is 5.04. The quantitative estimate of drug-likeness (QED) is 0.260. The Bertz CT molecular complexity index is 1180. The van der Waals surface area contributed by atoms with Gasteiger partial charge in [0.1, 0.15) is 0 Å². The van der Waals surface area contributed by atoms with Gasteiger partial charge in [-0.05, 0) is 59.1 Å². The van der Waals surface area contributed by atoms with E-state index in [9.17, 15) is 22.0 Å². The van der Waals surface area contributed by atoms with Gasteiger partial charge in [-0.1, -0.05) is 67.5 Å². The summed E-state index contributed by atoms with van der Waals surface area (Å²) in [4.78, 5) is 0. The zero-order valence-electron chi connectivity index (χ0n) is 19.2. The van der Waals surface area contributed by atoms with Crippen LogP contribution in [0.2, 0.25) is 0 Å². The van der Waals surface area contributed by atoms with Crippen molar-refractivity contribution in [1.29, 1.82) is 0 Å². The normalized spacial score (nSPS) is 30.9. The molecule has 0 aromatic carbocycles. The predicted molar refractivity (Wildman–Crippen MR) is 133 cm³/mol. The van der Waals surface area contributed by atoms with Crippen molar-refractivity contribution in [3.63, 3.8) is 0 Å². The molecule has 6 heteroatoms. The van der Waals surface area contributed by atoms with E-state index in [1.54, 1.807) is 10.9 Å². The van der Waals surface area contributed by atoms with Crippen molar-refractivity contribution in [3.05, 3.63) is 94.0 Å². The maximum Gasteiger partial charge on any atom is 0.193 e. The van der Waals surface area contributed by atoms with E-state index < -0.39 is 35.4 Å². The highest BCUT2D eigenvalue weighted by Gasteiger charge is 2.39. The van der Waals surface area contributed by atoms with Crippen molar-refractivity contribution >= 4 is 21.7 Å². The lowest BCUT2D eigenvalue weighted by Crippen LogP contribution is -2.27. The third-order valence-corrected chi connectivity index (χ3v) is 7.85. The number of rotatable bonds is 6.